The van der Waals surface area contributed by atoms with Gasteiger partial charge in [0.15, 0.2) is 0 Å². The molecule has 2 heterocycles. The number of rotatable bonds is 6. The molecule has 1 aromatic heterocycles. The van der Waals surface area contributed by atoms with Gasteiger partial charge >= 0.3 is 6.03 Å². The Morgan fingerprint density at radius 2 is 2.08 bits per heavy atom. The molecule has 138 valence electrons. The molecule has 2 N–H and O–H groups in total. The van der Waals surface area contributed by atoms with Crippen LogP contribution in [-0.4, -0.2) is 53.8 Å². The number of nitrogens with zero attached hydrogens (tertiary/aromatic N) is 3. The number of aliphatic hydroxyl groups is 1. The Hall–Kier alpha value is -1.82. The molecule has 0 radical (unpaired) electrons. The normalized spacial score (nSPS) is 19.2. The molecule has 2 aliphatic rings. The Morgan fingerprint density at radius 1 is 1.36 bits per heavy atom. The van der Waals surface area contributed by atoms with Crippen molar-refractivity contribution in [1.82, 2.24) is 15.2 Å². The largest absolute Gasteiger partial charge is 0.391 e. The maximum absolute atomic E-state index is 12.2. The van der Waals surface area contributed by atoms with Crippen LogP contribution in [0, 0.1) is 5.92 Å². The highest BCUT2D eigenvalue weighted by Gasteiger charge is 2.31. The molecule has 0 unspecified atom stereocenters. The minimum absolute atomic E-state index is 0.146. The van der Waals surface area contributed by atoms with Crippen molar-refractivity contribution in [3.05, 3.63) is 23.9 Å². The van der Waals surface area contributed by atoms with E-state index < -0.39 is 6.10 Å². The van der Waals surface area contributed by atoms with Gasteiger partial charge in [-0.2, -0.15) is 0 Å². The standard InChI is InChI=1S/C19H30N4O2/c1-22(14-17(24)16-6-7-16)19(25)21-13-15-8-9-20-18(12-15)23-10-4-2-3-5-11-23/h8-9,12,16-17,24H,2-7,10-11,13-14H2,1H3,(H,21,25)/t17-/m0/s1. The fourth-order valence-electron chi connectivity index (χ4n) is 3.35. The predicted octanol–water partition coefficient (Wildman–Crippen LogP) is 2.37. The lowest BCUT2D eigenvalue weighted by Gasteiger charge is -2.23. The summed E-state index contributed by atoms with van der Waals surface area (Å²) in [5.41, 5.74) is 1.05. The first-order chi connectivity index (χ1) is 12.1. The number of pyridine rings is 1. The Balaban J connectivity index is 1.50. The van der Waals surface area contributed by atoms with E-state index in [9.17, 15) is 9.90 Å². The Labute approximate surface area is 150 Å². The number of carbonyl (C=O) groups is 1. The Morgan fingerprint density at radius 3 is 2.76 bits per heavy atom. The van der Waals surface area contributed by atoms with E-state index in [1.165, 1.54) is 25.7 Å². The van der Waals surface area contributed by atoms with Crippen molar-refractivity contribution >= 4 is 11.8 Å². The van der Waals surface area contributed by atoms with Gasteiger partial charge in [-0.15, -0.1) is 0 Å². The summed E-state index contributed by atoms with van der Waals surface area (Å²) in [5, 5.41) is 12.9. The van der Waals surface area contributed by atoms with Gasteiger partial charge in [-0.1, -0.05) is 12.8 Å². The van der Waals surface area contributed by atoms with Crippen LogP contribution >= 0.6 is 0 Å². The SMILES string of the molecule is CN(C[C@H](O)C1CC1)C(=O)NCc1ccnc(N2CCCCCC2)c1. The van der Waals surface area contributed by atoms with Crippen LogP contribution < -0.4 is 10.2 Å². The summed E-state index contributed by atoms with van der Waals surface area (Å²) in [6.07, 6.45) is 8.61. The van der Waals surface area contributed by atoms with E-state index in [-0.39, 0.29) is 6.03 Å². The number of carbonyl (C=O) groups excluding carboxylic acids is 1. The third kappa shape index (κ3) is 5.33. The van der Waals surface area contributed by atoms with Crippen LogP contribution in [0.25, 0.3) is 0 Å². The van der Waals surface area contributed by atoms with Crippen molar-refractivity contribution in [1.29, 1.82) is 0 Å². The molecule has 1 saturated heterocycles. The van der Waals surface area contributed by atoms with Gasteiger partial charge in [0.05, 0.1) is 6.10 Å². The lowest BCUT2D eigenvalue weighted by molar-refractivity contribution is 0.113. The molecule has 1 atom stereocenters. The van der Waals surface area contributed by atoms with Crippen molar-refractivity contribution in [2.24, 2.45) is 5.92 Å². The van der Waals surface area contributed by atoms with E-state index in [0.717, 1.165) is 37.3 Å². The van der Waals surface area contributed by atoms with Crippen LogP contribution in [0.4, 0.5) is 10.6 Å². The number of anilines is 1. The molecule has 2 amide bonds. The van der Waals surface area contributed by atoms with E-state index in [1.807, 2.05) is 12.3 Å². The van der Waals surface area contributed by atoms with Gasteiger partial charge in [0.1, 0.15) is 5.82 Å². The number of hydrogen-bond donors (Lipinski definition) is 2. The molecule has 0 bridgehead atoms. The van der Waals surface area contributed by atoms with Gasteiger partial charge in [-0.3, -0.25) is 0 Å². The number of nitrogens with one attached hydrogen (secondary N) is 1. The quantitative estimate of drug-likeness (QED) is 0.830. The van der Waals surface area contributed by atoms with Crippen LogP contribution in [0.3, 0.4) is 0 Å². The molecule has 0 spiro atoms. The first kappa shape index (κ1) is 18.0. The van der Waals surface area contributed by atoms with Gasteiger partial charge in [0.25, 0.3) is 0 Å². The van der Waals surface area contributed by atoms with Crippen molar-refractivity contribution in [2.45, 2.75) is 51.2 Å². The van der Waals surface area contributed by atoms with Crippen molar-refractivity contribution < 1.29 is 9.90 Å². The molecule has 6 heteroatoms. The van der Waals surface area contributed by atoms with E-state index in [4.69, 9.17) is 0 Å². The molecular weight excluding hydrogens is 316 g/mol. The summed E-state index contributed by atoms with van der Waals surface area (Å²) in [6, 6.07) is 3.87. The van der Waals surface area contributed by atoms with Crippen molar-refractivity contribution in [2.75, 3.05) is 31.6 Å². The van der Waals surface area contributed by atoms with E-state index >= 15 is 0 Å². The Bertz CT molecular complexity index is 568. The summed E-state index contributed by atoms with van der Waals surface area (Å²) in [5.74, 6) is 1.39. The number of aromatic nitrogens is 1. The number of aliphatic hydroxyl groups excluding tert-OH is 1. The molecule has 1 aliphatic heterocycles. The number of amides is 2. The summed E-state index contributed by atoms with van der Waals surface area (Å²) in [6.45, 7) is 2.99. The molecular formula is C19H30N4O2. The number of hydrogen-bond acceptors (Lipinski definition) is 4. The lowest BCUT2D eigenvalue weighted by Crippen LogP contribution is -2.41. The predicted molar refractivity (Wildman–Crippen MR) is 98.5 cm³/mol. The number of urea groups is 1. The maximum atomic E-state index is 12.2. The Kier molecular flexibility index (Phi) is 6.13. The lowest BCUT2D eigenvalue weighted by atomic mass is 10.2. The third-order valence-electron chi connectivity index (χ3n) is 5.16. The maximum Gasteiger partial charge on any atom is 0.317 e. The molecule has 1 aliphatic carbocycles. The molecule has 1 saturated carbocycles. The third-order valence-corrected chi connectivity index (χ3v) is 5.16. The van der Waals surface area contributed by atoms with E-state index in [0.29, 0.717) is 19.0 Å². The van der Waals surface area contributed by atoms with Crippen LogP contribution in [-0.2, 0) is 6.54 Å². The topological polar surface area (TPSA) is 68.7 Å². The average molecular weight is 346 g/mol. The van der Waals surface area contributed by atoms with Crippen LogP contribution in [0.1, 0.15) is 44.1 Å². The fraction of sp³-hybridized carbons (Fsp3) is 0.684. The first-order valence-corrected chi connectivity index (χ1v) is 9.50. The van der Waals surface area contributed by atoms with Crippen molar-refractivity contribution in [3.63, 3.8) is 0 Å². The summed E-state index contributed by atoms with van der Waals surface area (Å²) in [4.78, 5) is 20.6. The number of likely N-dealkylation sites (N-methyl/N-ethyl adjacent to an activating group) is 1. The second kappa shape index (κ2) is 8.52. The minimum Gasteiger partial charge on any atom is -0.391 e. The zero-order chi connectivity index (χ0) is 17.6. The minimum atomic E-state index is -0.397. The monoisotopic (exact) mass is 346 g/mol. The van der Waals surface area contributed by atoms with E-state index in [1.54, 1.807) is 11.9 Å². The highest BCUT2D eigenvalue weighted by molar-refractivity contribution is 5.73. The molecule has 1 aromatic rings. The first-order valence-electron chi connectivity index (χ1n) is 9.50. The van der Waals surface area contributed by atoms with Gasteiger partial charge in [0.2, 0.25) is 0 Å². The van der Waals surface area contributed by atoms with Crippen LogP contribution in [0.2, 0.25) is 0 Å². The molecule has 3 rings (SSSR count). The van der Waals surface area contributed by atoms with Gasteiger partial charge in [0, 0.05) is 39.4 Å². The fourth-order valence-corrected chi connectivity index (χ4v) is 3.35. The molecule has 6 nitrogen and oxygen atoms in total. The smallest absolute Gasteiger partial charge is 0.317 e. The zero-order valence-electron chi connectivity index (χ0n) is 15.2. The molecule has 0 aromatic carbocycles. The van der Waals surface area contributed by atoms with Gasteiger partial charge < -0.3 is 20.2 Å². The zero-order valence-corrected chi connectivity index (χ0v) is 15.2. The summed E-state index contributed by atoms with van der Waals surface area (Å²) in [7, 11) is 1.73. The summed E-state index contributed by atoms with van der Waals surface area (Å²) < 4.78 is 0. The van der Waals surface area contributed by atoms with Gasteiger partial charge in [-0.05, 0) is 49.3 Å². The second-order valence-corrected chi connectivity index (χ2v) is 7.37. The van der Waals surface area contributed by atoms with Crippen LogP contribution in [0.15, 0.2) is 18.3 Å². The summed E-state index contributed by atoms with van der Waals surface area (Å²) >= 11 is 0. The second-order valence-electron chi connectivity index (χ2n) is 7.37. The highest BCUT2D eigenvalue weighted by atomic mass is 16.3. The van der Waals surface area contributed by atoms with Gasteiger partial charge in [-0.25, -0.2) is 9.78 Å². The highest BCUT2D eigenvalue weighted by Crippen LogP contribution is 2.32. The molecule has 25 heavy (non-hydrogen) atoms. The van der Waals surface area contributed by atoms with Crippen molar-refractivity contribution in [3.8, 4) is 0 Å². The van der Waals surface area contributed by atoms with E-state index in [2.05, 4.69) is 21.3 Å². The molecule has 2 fully saturated rings. The van der Waals surface area contributed by atoms with Crippen LogP contribution in [0.5, 0.6) is 0 Å². The average Bonchev–Trinajstić information content (AvgIpc) is 3.46.